The van der Waals surface area contributed by atoms with Gasteiger partial charge < -0.3 is 20.9 Å². The standard InChI is InChI=1S/C29H42N4O3/c1-8-11-19-12-10-13-22(21(19)9-2)27(35)31-23-15-14-20-16-17-33(24(20)23)28(36)25(29(4,5)6)32-26(34)18(3)30-7/h8-13,18,20,23-25,30H,2,14-17H2,1,3-7H3,(H,31,35)(H,32,34)/b11-8-/t18-,20+,23-,24-,25?/m0/s1. The van der Waals surface area contributed by atoms with Gasteiger partial charge in [0, 0.05) is 18.2 Å². The third-order valence-corrected chi connectivity index (χ3v) is 7.60. The van der Waals surface area contributed by atoms with Crippen LogP contribution in [0.5, 0.6) is 0 Å². The van der Waals surface area contributed by atoms with Gasteiger partial charge in [-0.25, -0.2) is 0 Å². The fraction of sp³-hybridized carbons (Fsp3) is 0.552. The van der Waals surface area contributed by atoms with Crippen molar-refractivity contribution in [3.8, 4) is 0 Å². The monoisotopic (exact) mass is 494 g/mol. The molecule has 5 atom stereocenters. The molecule has 0 spiro atoms. The number of benzene rings is 1. The first-order valence-corrected chi connectivity index (χ1v) is 13.0. The zero-order valence-corrected chi connectivity index (χ0v) is 22.6. The molecule has 7 heteroatoms. The summed E-state index contributed by atoms with van der Waals surface area (Å²) in [5.41, 5.74) is 1.88. The van der Waals surface area contributed by atoms with Crippen LogP contribution in [0.1, 0.15) is 75.4 Å². The van der Waals surface area contributed by atoms with Crippen LogP contribution in [0.3, 0.4) is 0 Å². The molecule has 1 aromatic rings. The second kappa shape index (κ2) is 11.4. The molecule has 0 bridgehead atoms. The van der Waals surface area contributed by atoms with Crippen LogP contribution in [0.4, 0.5) is 0 Å². The van der Waals surface area contributed by atoms with E-state index in [9.17, 15) is 14.4 Å². The van der Waals surface area contributed by atoms with Gasteiger partial charge >= 0.3 is 0 Å². The Labute approximate surface area is 215 Å². The van der Waals surface area contributed by atoms with Crippen molar-refractivity contribution in [3.63, 3.8) is 0 Å². The average molecular weight is 495 g/mol. The lowest BCUT2D eigenvalue weighted by molar-refractivity contribution is -0.141. The number of nitrogens with one attached hydrogen (secondary N) is 3. The molecule has 36 heavy (non-hydrogen) atoms. The molecule has 0 aromatic heterocycles. The fourth-order valence-corrected chi connectivity index (χ4v) is 5.51. The van der Waals surface area contributed by atoms with Crippen LogP contribution in [0.15, 0.2) is 30.9 Å². The first kappa shape index (κ1) is 27.7. The molecular formula is C29H42N4O3. The van der Waals surface area contributed by atoms with Gasteiger partial charge in [-0.15, -0.1) is 0 Å². The summed E-state index contributed by atoms with van der Waals surface area (Å²) in [5.74, 6) is -0.0739. The van der Waals surface area contributed by atoms with E-state index in [0.717, 1.165) is 30.4 Å². The summed E-state index contributed by atoms with van der Waals surface area (Å²) >= 11 is 0. The lowest BCUT2D eigenvalue weighted by Crippen LogP contribution is -2.60. The summed E-state index contributed by atoms with van der Waals surface area (Å²) in [4.78, 5) is 41.8. The van der Waals surface area contributed by atoms with Crippen molar-refractivity contribution in [1.29, 1.82) is 0 Å². The summed E-state index contributed by atoms with van der Waals surface area (Å²) in [7, 11) is 1.72. The maximum atomic E-state index is 13.9. The van der Waals surface area contributed by atoms with Crippen molar-refractivity contribution in [3.05, 3.63) is 47.5 Å². The van der Waals surface area contributed by atoms with Gasteiger partial charge in [-0.3, -0.25) is 14.4 Å². The first-order chi connectivity index (χ1) is 17.0. The van der Waals surface area contributed by atoms with E-state index in [1.54, 1.807) is 20.0 Å². The van der Waals surface area contributed by atoms with E-state index in [0.29, 0.717) is 18.0 Å². The maximum Gasteiger partial charge on any atom is 0.252 e. The summed E-state index contributed by atoms with van der Waals surface area (Å²) in [6, 6.07) is 4.40. The van der Waals surface area contributed by atoms with E-state index >= 15 is 0 Å². The maximum absolute atomic E-state index is 13.9. The van der Waals surface area contributed by atoms with Gasteiger partial charge in [0.1, 0.15) is 6.04 Å². The second-order valence-corrected chi connectivity index (χ2v) is 11.1. The SMILES string of the molecule is C=Cc1c(/C=C\C)cccc1C(=O)N[C@H]1CC[C@@H]2CCN(C(=O)C(NC(=O)[C@H](C)NC)C(C)(C)C)[C@@H]21. The minimum Gasteiger partial charge on any atom is -0.347 e. The van der Waals surface area contributed by atoms with Crippen molar-refractivity contribution in [2.45, 2.75) is 78.0 Å². The number of allylic oxidation sites excluding steroid dienone is 1. The molecule has 3 rings (SSSR count). The fourth-order valence-electron chi connectivity index (χ4n) is 5.51. The molecule has 1 saturated carbocycles. The van der Waals surface area contributed by atoms with Crippen LogP contribution >= 0.6 is 0 Å². The molecule has 1 heterocycles. The van der Waals surface area contributed by atoms with Crippen LogP contribution in [0, 0.1) is 11.3 Å². The number of nitrogens with zero attached hydrogens (tertiary/aromatic N) is 1. The summed E-state index contributed by atoms with van der Waals surface area (Å²) in [6.45, 7) is 14.2. The van der Waals surface area contributed by atoms with Crippen molar-refractivity contribution >= 4 is 29.9 Å². The minimum atomic E-state index is -0.651. The van der Waals surface area contributed by atoms with Gasteiger partial charge in [0.15, 0.2) is 0 Å². The molecule has 2 fully saturated rings. The third kappa shape index (κ3) is 5.72. The van der Waals surface area contributed by atoms with Crippen LogP contribution in [0.2, 0.25) is 0 Å². The average Bonchev–Trinajstić information content (AvgIpc) is 3.43. The predicted molar refractivity (Wildman–Crippen MR) is 145 cm³/mol. The molecule has 196 valence electrons. The van der Waals surface area contributed by atoms with E-state index in [2.05, 4.69) is 22.5 Å². The molecule has 7 nitrogen and oxygen atoms in total. The van der Waals surface area contributed by atoms with Crippen LogP contribution in [-0.2, 0) is 9.59 Å². The number of carbonyl (C=O) groups excluding carboxylic acids is 3. The topological polar surface area (TPSA) is 90.5 Å². The number of carbonyl (C=O) groups is 3. The van der Waals surface area contributed by atoms with Gasteiger partial charge in [-0.2, -0.15) is 0 Å². The summed E-state index contributed by atoms with van der Waals surface area (Å²) < 4.78 is 0. The molecule has 1 aromatic carbocycles. The lowest BCUT2D eigenvalue weighted by Gasteiger charge is -2.38. The van der Waals surface area contributed by atoms with Crippen molar-refractivity contribution in [2.24, 2.45) is 11.3 Å². The van der Waals surface area contributed by atoms with Gasteiger partial charge in [0.25, 0.3) is 5.91 Å². The largest absolute Gasteiger partial charge is 0.347 e. The Morgan fingerprint density at radius 3 is 2.50 bits per heavy atom. The number of hydrogen-bond donors (Lipinski definition) is 3. The molecule has 1 aliphatic carbocycles. The smallest absolute Gasteiger partial charge is 0.252 e. The van der Waals surface area contributed by atoms with Crippen LogP contribution in [0.25, 0.3) is 12.2 Å². The molecule has 1 saturated heterocycles. The van der Waals surface area contributed by atoms with Gasteiger partial charge in [-0.1, -0.05) is 57.7 Å². The van der Waals surface area contributed by atoms with Crippen LogP contribution in [-0.4, -0.2) is 60.4 Å². The Kier molecular flexibility index (Phi) is 8.77. The lowest BCUT2D eigenvalue weighted by atomic mass is 9.85. The van der Waals surface area contributed by atoms with Gasteiger partial charge in [0.2, 0.25) is 11.8 Å². The van der Waals surface area contributed by atoms with Crippen molar-refractivity contribution < 1.29 is 14.4 Å². The molecule has 1 unspecified atom stereocenters. The number of rotatable bonds is 8. The zero-order chi connectivity index (χ0) is 26.6. The number of amides is 3. The first-order valence-electron chi connectivity index (χ1n) is 13.0. The minimum absolute atomic E-state index is 0.0733. The predicted octanol–water partition coefficient (Wildman–Crippen LogP) is 3.61. The van der Waals surface area contributed by atoms with E-state index < -0.39 is 17.5 Å². The molecule has 2 aliphatic rings. The Balaban J connectivity index is 1.82. The molecule has 3 amide bonds. The number of fused-ring (bicyclic) bond motifs is 1. The Hall–Kier alpha value is -2.93. The number of likely N-dealkylation sites (N-methyl/N-ethyl adjacent to an activating group) is 1. The van der Waals surface area contributed by atoms with Gasteiger partial charge in [-0.05, 0) is 68.7 Å². The van der Waals surface area contributed by atoms with E-state index in [1.807, 2.05) is 62.9 Å². The Morgan fingerprint density at radius 2 is 1.89 bits per heavy atom. The molecule has 0 radical (unpaired) electrons. The highest BCUT2D eigenvalue weighted by molar-refractivity contribution is 5.99. The molecule has 1 aliphatic heterocycles. The highest BCUT2D eigenvalue weighted by atomic mass is 16.2. The summed E-state index contributed by atoms with van der Waals surface area (Å²) in [6.07, 6.45) is 8.33. The quantitative estimate of drug-likeness (QED) is 0.515. The van der Waals surface area contributed by atoms with Crippen LogP contribution < -0.4 is 16.0 Å². The number of likely N-dealkylation sites (tertiary alicyclic amines) is 1. The summed E-state index contributed by atoms with van der Waals surface area (Å²) in [5, 5.41) is 9.16. The molecular weight excluding hydrogens is 452 g/mol. The Morgan fingerprint density at radius 1 is 1.17 bits per heavy atom. The third-order valence-electron chi connectivity index (χ3n) is 7.60. The van der Waals surface area contributed by atoms with E-state index in [1.165, 1.54) is 0 Å². The highest BCUT2D eigenvalue weighted by Gasteiger charge is 2.49. The van der Waals surface area contributed by atoms with E-state index in [4.69, 9.17) is 0 Å². The van der Waals surface area contributed by atoms with Crippen molar-refractivity contribution in [1.82, 2.24) is 20.9 Å². The van der Waals surface area contributed by atoms with E-state index in [-0.39, 0.29) is 29.8 Å². The normalized spacial score (nSPS) is 23.3. The second-order valence-electron chi connectivity index (χ2n) is 11.1. The highest BCUT2D eigenvalue weighted by Crippen LogP contribution is 2.39. The number of hydrogen-bond acceptors (Lipinski definition) is 4. The Bertz CT molecular complexity index is 1030. The van der Waals surface area contributed by atoms with Crippen molar-refractivity contribution in [2.75, 3.05) is 13.6 Å². The zero-order valence-electron chi connectivity index (χ0n) is 22.6. The molecule has 3 N–H and O–H groups in total. The van der Waals surface area contributed by atoms with Gasteiger partial charge in [0.05, 0.1) is 12.1 Å².